The van der Waals surface area contributed by atoms with Crippen LogP contribution in [0.5, 0.6) is 5.75 Å². The quantitative estimate of drug-likeness (QED) is 0.635. The van der Waals surface area contributed by atoms with Gasteiger partial charge in [-0.05, 0) is 18.2 Å². The van der Waals surface area contributed by atoms with Gasteiger partial charge in [-0.15, -0.1) is 0 Å². The minimum absolute atomic E-state index is 0.0378. The molecule has 0 fully saturated rings. The monoisotopic (exact) mass is 263 g/mol. The molecule has 0 spiro atoms. The van der Waals surface area contributed by atoms with E-state index in [0.29, 0.717) is 5.69 Å². The maximum atomic E-state index is 9.46. The van der Waals surface area contributed by atoms with Crippen molar-refractivity contribution in [2.24, 2.45) is 0 Å². The summed E-state index contributed by atoms with van der Waals surface area (Å²) in [5, 5.41) is 29.1. The summed E-state index contributed by atoms with van der Waals surface area (Å²) in [6.45, 7) is 0. The Morgan fingerprint density at radius 1 is 1.40 bits per heavy atom. The summed E-state index contributed by atoms with van der Waals surface area (Å²) >= 11 is 3.20. The number of nitrogens with zero attached hydrogens (tertiary/aromatic N) is 2. The molecule has 0 atom stereocenters. The SMILES string of the molecule is N#CC(C#N)=CNc1ccc(Br)cc1O. The standard InChI is InChI=1S/C10H6BrN3O/c11-8-1-2-9(10(15)3-8)14-6-7(4-12)5-13/h1-3,6,14-15H. The summed E-state index contributed by atoms with van der Waals surface area (Å²) in [7, 11) is 0. The molecule has 2 N–H and O–H groups in total. The molecule has 0 aliphatic rings. The van der Waals surface area contributed by atoms with Crippen LogP contribution in [0.15, 0.2) is 34.4 Å². The van der Waals surface area contributed by atoms with Crippen LogP contribution in [0.25, 0.3) is 0 Å². The van der Waals surface area contributed by atoms with E-state index in [9.17, 15) is 5.11 Å². The van der Waals surface area contributed by atoms with Gasteiger partial charge in [0.25, 0.3) is 0 Å². The van der Waals surface area contributed by atoms with Crippen LogP contribution in [0, 0.1) is 22.7 Å². The Labute approximate surface area is 95.2 Å². The number of benzene rings is 1. The van der Waals surface area contributed by atoms with Gasteiger partial charge < -0.3 is 10.4 Å². The summed E-state index contributed by atoms with van der Waals surface area (Å²) in [4.78, 5) is 0. The van der Waals surface area contributed by atoms with Gasteiger partial charge in [-0.3, -0.25) is 0 Å². The highest BCUT2D eigenvalue weighted by atomic mass is 79.9. The van der Waals surface area contributed by atoms with Gasteiger partial charge in [0.05, 0.1) is 5.69 Å². The molecule has 0 aromatic heterocycles. The van der Waals surface area contributed by atoms with Crippen molar-refractivity contribution in [2.75, 3.05) is 5.32 Å². The number of phenolic OH excluding ortho intramolecular Hbond substituents is 1. The highest BCUT2D eigenvalue weighted by molar-refractivity contribution is 9.10. The molecule has 0 heterocycles. The van der Waals surface area contributed by atoms with E-state index in [1.165, 1.54) is 12.3 Å². The normalized spacial score (nSPS) is 8.47. The topological polar surface area (TPSA) is 79.8 Å². The van der Waals surface area contributed by atoms with Crippen molar-refractivity contribution in [3.8, 4) is 17.9 Å². The molecule has 0 bridgehead atoms. The van der Waals surface area contributed by atoms with E-state index in [1.54, 1.807) is 24.3 Å². The van der Waals surface area contributed by atoms with Crippen LogP contribution in [-0.4, -0.2) is 5.11 Å². The Morgan fingerprint density at radius 3 is 2.60 bits per heavy atom. The van der Waals surface area contributed by atoms with Crippen molar-refractivity contribution in [2.45, 2.75) is 0 Å². The van der Waals surface area contributed by atoms with E-state index in [4.69, 9.17) is 10.5 Å². The number of halogens is 1. The Morgan fingerprint density at radius 2 is 2.07 bits per heavy atom. The fraction of sp³-hybridized carbons (Fsp3) is 0. The molecule has 0 saturated carbocycles. The van der Waals surface area contributed by atoms with Gasteiger partial charge in [-0.25, -0.2) is 0 Å². The van der Waals surface area contributed by atoms with Crippen LogP contribution >= 0.6 is 15.9 Å². The lowest BCUT2D eigenvalue weighted by Gasteiger charge is -2.03. The molecule has 1 aromatic rings. The van der Waals surface area contributed by atoms with Gasteiger partial charge in [-0.1, -0.05) is 15.9 Å². The van der Waals surface area contributed by atoms with Crippen LogP contribution in [-0.2, 0) is 0 Å². The predicted molar refractivity (Wildman–Crippen MR) is 58.7 cm³/mol. The third-order valence-electron chi connectivity index (χ3n) is 1.57. The van der Waals surface area contributed by atoms with E-state index in [2.05, 4.69) is 21.2 Å². The van der Waals surface area contributed by atoms with Crippen molar-refractivity contribution in [3.05, 3.63) is 34.4 Å². The van der Waals surface area contributed by atoms with Gasteiger partial charge in [0.1, 0.15) is 23.5 Å². The van der Waals surface area contributed by atoms with Gasteiger partial charge in [0, 0.05) is 10.7 Å². The van der Waals surface area contributed by atoms with Crippen LogP contribution in [0.4, 0.5) is 5.69 Å². The van der Waals surface area contributed by atoms with Crippen molar-refractivity contribution < 1.29 is 5.11 Å². The maximum absolute atomic E-state index is 9.46. The largest absolute Gasteiger partial charge is 0.506 e. The first-order valence-corrected chi connectivity index (χ1v) is 4.72. The smallest absolute Gasteiger partial charge is 0.145 e. The second-order valence-electron chi connectivity index (χ2n) is 2.59. The fourth-order valence-electron chi connectivity index (χ4n) is 0.866. The number of nitrogens with one attached hydrogen (secondary N) is 1. The third-order valence-corrected chi connectivity index (χ3v) is 2.07. The molecule has 1 aromatic carbocycles. The summed E-state index contributed by atoms with van der Waals surface area (Å²) in [6, 6.07) is 8.27. The highest BCUT2D eigenvalue weighted by Crippen LogP contribution is 2.26. The molecule has 74 valence electrons. The predicted octanol–water partition coefficient (Wildman–Crippen LogP) is 2.50. The van der Waals surface area contributed by atoms with E-state index in [0.717, 1.165) is 4.47 Å². The zero-order valence-electron chi connectivity index (χ0n) is 7.53. The fourth-order valence-corrected chi connectivity index (χ4v) is 1.22. The molecule has 15 heavy (non-hydrogen) atoms. The van der Waals surface area contributed by atoms with Gasteiger partial charge in [0.2, 0.25) is 0 Å². The Kier molecular flexibility index (Phi) is 3.73. The van der Waals surface area contributed by atoms with Gasteiger partial charge >= 0.3 is 0 Å². The Balaban J connectivity index is 2.89. The van der Waals surface area contributed by atoms with Crippen molar-refractivity contribution >= 4 is 21.6 Å². The molecule has 1 rings (SSSR count). The number of anilines is 1. The first-order chi connectivity index (χ1) is 7.17. The van der Waals surface area contributed by atoms with E-state index in [1.807, 2.05) is 0 Å². The summed E-state index contributed by atoms with van der Waals surface area (Å²) in [5.74, 6) is 0.0378. The van der Waals surface area contributed by atoms with Crippen molar-refractivity contribution in [1.82, 2.24) is 0 Å². The van der Waals surface area contributed by atoms with Gasteiger partial charge in [-0.2, -0.15) is 10.5 Å². The molecule has 0 radical (unpaired) electrons. The third kappa shape index (κ3) is 3.01. The minimum Gasteiger partial charge on any atom is -0.506 e. The molecular weight excluding hydrogens is 258 g/mol. The first-order valence-electron chi connectivity index (χ1n) is 3.93. The molecule has 5 heteroatoms. The number of hydrogen-bond acceptors (Lipinski definition) is 4. The average molecular weight is 264 g/mol. The van der Waals surface area contributed by atoms with Crippen LogP contribution in [0.2, 0.25) is 0 Å². The summed E-state index contributed by atoms with van der Waals surface area (Å²) in [6.07, 6.45) is 1.24. The zero-order chi connectivity index (χ0) is 11.3. The lowest BCUT2D eigenvalue weighted by molar-refractivity contribution is 0.477. The Bertz CT molecular complexity index is 466. The highest BCUT2D eigenvalue weighted by Gasteiger charge is 1.99. The zero-order valence-corrected chi connectivity index (χ0v) is 9.12. The summed E-state index contributed by atoms with van der Waals surface area (Å²) in [5.41, 5.74) is 0.374. The molecule has 0 amide bonds. The van der Waals surface area contributed by atoms with E-state index < -0.39 is 0 Å². The van der Waals surface area contributed by atoms with Crippen LogP contribution in [0.3, 0.4) is 0 Å². The number of aromatic hydroxyl groups is 1. The summed E-state index contributed by atoms with van der Waals surface area (Å²) < 4.78 is 0.746. The lowest BCUT2D eigenvalue weighted by Crippen LogP contribution is -1.90. The lowest BCUT2D eigenvalue weighted by atomic mass is 10.3. The average Bonchev–Trinajstić information content (AvgIpc) is 2.22. The van der Waals surface area contributed by atoms with Crippen molar-refractivity contribution in [1.29, 1.82) is 10.5 Å². The number of hydrogen-bond donors (Lipinski definition) is 2. The Hall–Kier alpha value is -1.98. The maximum Gasteiger partial charge on any atom is 0.145 e. The number of nitriles is 2. The number of rotatable bonds is 2. The van der Waals surface area contributed by atoms with E-state index >= 15 is 0 Å². The molecular formula is C10H6BrN3O. The molecule has 0 saturated heterocycles. The molecule has 0 aliphatic heterocycles. The second kappa shape index (κ2) is 5.04. The molecule has 0 unspecified atom stereocenters. The molecule has 0 aliphatic carbocycles. The number of allylic oxidation sites excluding steroid dienone is 1. The second-order valence-corrected chi connectivity index (χ2v) is 3.50. The minimum atomic E-state index is -0.0580. The van der Waals surface area contributed by atoms with Gasteiger partial charge in [0.15, 0.2) is 0 Å². The molecule has 4 nitrogen and oxygen atoms in total. The first kappa shape index (κ1) is 11.1. The number of phenols is 1. The van der Waals surface area contributed by atoms with E-state index in [-0.39, 0.29) is 11.3 Å². The van der Waals surface area contributed by atoms with Crippen LogP contribution < -0.4 is 5.32 Å². The van der Waals surface area contributed by atoms with Crippen molar-refractivity contribution in [3.63, 3.8) is 0 Å². The van der Waals surface area contributed by atoms with Crippen LogP contribution in [0.1, 0.15) is 0 Å².